The van der Waals surface area contributed by atoms with Crippen LogP contribution in [0.1, 0.15) is 103 Å². The molecule has 0 saturated heterocycles. The van der Waals surface area contributed by atoms with Gasteiger partial charge in [-0.05, 0) is 64.2 Å². The van der Waals surface area contributed by atoms with Crippen LogP contribution in [-0.2, 0) is 4.57 Å². The average molecular weight is 461 g/mol. The Morgan fingerprint density at radius 1 is 0.710 bits per heavy atom. The summed E-state index contributed by atoms with van der Waals surface area (Å²) < 4.78 is 12.1. The van der Waals surface area contributed by atoms with Gasteiger partial charge in [-0.2, -0.15) is 0 Å². The van der Waals surface area contributed by atoms with Gasteiger partial charge in [0.1, 0.15) is 6.54 Å². The number of quaternary nitrogens is 1. The summed E-state index contributed by atoms with van der Waals surface area (Å²) in [5.74, 6) is 0. The molecule has 0 radical (unpaired) electrons. The Kier molecular flexibility index (Phi) is 16.8. The Morgan fingerprint density at radius 3 is 1.45 bits per heavy atom. The number of rotatable bonds is 20. The molecule has 0 aromatic heterocycles. The zero-order valence-electron chi connectivity index (χ0n) is 20.8. The van der Waals surface area contributed by atoms with Gasteiger partial charge < -0.3 is 19.4 Å². The highest BCUT2D eigenvalue weighted by atomic mass is 31.2. The topological polar surface area (TPSA) is 77.8 Å². The molecule has 3 N–H and O–H groups in total. The van der Waals surface area contributed by atoms with Crippen molar-refractivity contribution in [3.63, 3.8) is 0 Å². The molecule has 0 rings (SSSR count). The van der Waals surface area contributed by atoms with Crippen LogP contribution in [0.15, 0.2) is 24.3 Å². The number of allylic oxidation sites excluding steroid dienone is 4. The third-order valence-electron chi connectivity index (χ3n) is 5.52. The van der Waals surface area contributed by atoms with Gasteiger partial charge in [0.2, 0.25) is 5.34 Å². The van der Waals surface area contributed by atoms with Gasteiger partial charge in [-0.15, -0.1) is 0 Å². The normalized spacial score (nSPS) is 15.2. The molecule has 0 amide bonds. The van der Waals surface area contributed by atoms with E-state index in [1.165, 1.54) is 57.8 Å². The minimum Gasteiger partial charge on any atom is -0.373 e. The number of nitrogens with zero attached hydrogens (tertiary/aromatic N) is 1. The first-order valence-electron chi connectivity index (χ1n) is 12.4. The van der Waals surface area contributed by atoms with Crippen molar-refractivity contribution in [1.82, 2.24) is 0 Å². The second kappa shape index (κ2) is 17.1. The molecule has 0 aliphatic carbocycles. The van der Waals surface area contributed by atoms with Gasteiger partial charge in [0.25, 0.3) is 0 Å². The second-order valence-electron chi connectivity index (χ2n) is 10.0. The van der Waals surface area contributed by atoms with E-state index in [9.17, 15) is 19.5 Å². The van der Waals surface area contributed by atoms with Crippen LogP contribution in [-0.4, -0.2) is 52.4 Å². The first-order valence-corrected chi connectivity index (χ1v) is 14.0. The molecule has 0 bridgehead atoms. The number of unbranched alkanes of at least 4 members (excludes halogenated alkanes) is 11. The smallest absolute Gasteiger partial charge is 0.362 e. The summed E-state index contributed by atoms with van der Waals surface area (Å²) in [6, 6.07) is 0. The fourth-order valence-corrected chi connectivity index (χ4v) is 4.84. The fraction of sp³-hybridized carbons (Fsp3) is 0.840. The molecular formula is C25H51NO4P+. The van der Waals surface area contributed by atoms with Gasteiger partial charge >= 0.3 is 7.60 Å². The van der Waals surface area contributed by atoms with E-state index in [0.717, 1.165) is 25.7 Å². The molecule has 6 heteroatoms. The van der Waals surface area contributed by atoms with E-state index in [1.807, 2.05) is 21.1 Å². The Morgan fingerprint density at radius 2 is 1.10 bits per heavy atom. The lowest BCUT2D eigenvalue weighted by molar-refractivity contribution is -0.875. The third-order valence-corrected chi connectivity index (χ3v) is 6.97. The minimum absolute atomic E-state index is 0.0476. The van der Waals surface area contributed by atoms with Crippen molar-refractivity contribution in [2.75, 3.05) is 27.7 Å². The molecule has 184 valence electrons. The van der Waals surface area contributed by atoms with Crippen molar-refractivity contribution in [2.24, 2.45) is 0 Å². The van der Waals surface area contributed by atoms with Crippen molar-refractivity contribution < 1.29 is 23.9 Å². The largest absolute Gasteiger partial charge is 0.373 e. The standard InChI is InChI=1S/C25H50NO4P/c1-5-6-7-8-9-10-11-12-13-14-15-16-17-18-19-20-21-22-23-25(27,31(28,29)30)24-26(2,3)4/h10-11,17-18,27H,5-9,12-16,19-24H2,1-4H3,(H-,28,29,30)/p+1/b11-10-,18-17-. The summed E-state index contributed by atoms with van der Waals surface area (Å²) in [5.41, 5.74) is 0. The van der Waals surface area contributed by atoms with Crippen LogP contribution < -0.4 is 0 Å². The predicted octanol–water partition coefficient (Wildman–Crippen LogP) is 6.54. The van der Waals surface area contributed by atoms with Crippen LogP contribution in [0.2, 0.25) is 0 Å². The van der Waals surface area contributed by atoms with Gasteiger partial charge in [0.05, 0.1) is 21.1 Å². The summed E-state index contributed by atoms with van der Waals surface area (Å²) in [4.78, 5) is 19.2. The molecule has 0 aromatic rings. The molecule has 5 nitrogen and oxygen atoms in total. The maximum Gasteiger partial charge on any atom is 0.362 e. The van der Waals surface area contributed by atoms with Crippen LogP contribution >= 0.6 is 7.60 Å². The molecule has 0 fully saturated rings. The molecular weight excluding hydrogens is 409 g/mol. The Bertz CT molecular complexity index is 536. The van der Waals surface area contributed by atoms with Crippen molar-refractivity contribution in [3.05, 3.63) is 24.3 Å². The molecule has 1 unspecified atom stereocenters. The van der Waals surface area contributed by atoms with Gasteiger partial charge in [-0.25, -0.2) is 0 Å². The van der Waals surface area contributed by atoms with E-state index in [4.69, 9.17) is 0 Å². The number of aliphatic hydroxyl groups is 1. The zero-order valence-corrected chi connectivity index (χ0v) is 21.7. The van der Waals surface area contributed by atoms with E-state index in [-0.39, 0.29) is 13.0 Å². The molecule has 0 aromatic carbocycles. The monoisotopic (exact) mass is 460 g/mol. The molecule has 0 spiro atoms. The van der Waals surface area contributed by atoms with Crippen LogP contribution in [0.25, 0.3) is 0 Å². The third kappa shape index (κ3) is 17.7. The summed E-state index contributed by atoms with van der Waals surface area (Å²) in [5, 5.41) is 8.60. The molecule has 0 heterocycles. The highest BCUT2D eigenvalue weighted by Crippen LogP contribution is 2.52. The highest BCUT2D eigenvalue weighted by molar-refractivity contribution is 7.53. The lowest BCUT2D eigenvalue weighted by Gasteiger charge is -2.35. The SMILES string of the molecule is CCCCCC/C=C\CCCCC/C=C\CCCCCC(O)(C[N+](C)(C)C)P(=O)(O)O. The average Bonchev–Trinajstić information content (AvgIpc) is 2.65. The number of hydrogen-bond donors (Lipinski definition) is 3. The van der Waals surface area contributed by atoms with Crippen molar-refractivity contribution in [1.29, 1.82) is 0 Å². The summed E-state index contributed by atoms with van der Waals surface area (Å²) >= 11 is 0. The molecule has 1 atom stereocenters. The lowest BCUT2D eigenvalue weighted by atomic mass is 10.1. The van der Waals surface area contributed by atoms with Gasteiger partial charge in [0, 0.05) is 0 Å². The van der Waals surface area contributed by atoms with E-state index in [0.29, 0.717) is 10.9 Å². The second-order valence-corrected chi connectivity index (χ2v) is 11.9. The number of likely N-dealkylation sites (N-methyl/N-ethyl adjacent to an activating group) is 1. The number of hydrogen-bond acceptors (Lipinski definition) is 2. The van der Waals surface area contributed by atoms with Crippen molar-refractivity contribution >= 4 is 7.60 Å². The minimum atomic E-state index is -4.56. The first kappa shape index (κ1) is 30.6. The summed E-state index contributed by atoms with van der Waals surface area (Å²) in [6.07, 6.45) is 25.5. The van der Waals surface area contributed by atoms with E-state index in [2.05, 4.69) is 31.2 Å². The van der Waals surface area contributed by atoms with Crippen LogP contribution in [0.3, 0.4) is 0 Å². The maximum atomic E-state index is 11.8. The highest BCUT2D eigenvalue weighted by Gasteiger charge is 2.48. The first-order chi connectivity index (χ1) is 14.5. The van der Waals surface area contributed by atoms with Gasteiger partial charge in [-0.3, -0.25) is 4.57 Å². The van der Waals surface area contributed by atoms with Crippen molar-refractivity contribution in [2.45, 2.75) is 109 Å². The molecule has 0 aliphatic heterocycles. The van der Waals surface area contributed by atoms with Gasteiger partial charge in [-0.1, -0.05) is 63.3 Å². The van der Waals surface area contributed by atoms with E-state index >= 15 is 0 Å². The van der Waals surface area contributed by atoms with Crippen LogP contribution in [0.4, 0.5) is 0 Å². The zero-order chi connectivity index (χ0) is 23.6. The van der Waals surface area contributed by atoms with Crippen LogP contribution in [0.5, 0.6) is 0 Å². The Labute approximate surface area is 192 Å². The summed E-state index contributed by atoms with van der Waals surface area (Å²) in [6.45, 7) is 2.30. The van der Waals surface area contributed by atoms with E-state index < -0.39 is 12.9 Å². The molecule has 0 saturated carbocycles. The maximum absolute atomic E-state index is 11.8. The lowest BCUT2D eigenvalue weighted by Crippen LogP contribution is -2.49. The Hall–Kier alpha value is -0.450. The summed E-state index contributed by atoms with van der Waals surface area (Å²) in [7, 11) is 0.938. The van der Waals surface area contributed by atoms with E-state index in [1.54, 1.807) is 0 Å². The quantitative estimate of drug-likeness (QED) is 0.0834. The predicted molar refractivity (Wildman–Crippen MR) is 133 cm³/mol. The fourth-order valence-electron chi connectivity index (χ4n) is 3.79. The molecule has 31 heavy (non-hydrogen) atoms. The van der Waals surface area contributed by atoms with Gasteiger partial charge in [0.15, 0.2) is 0 Å². The molecule has 0 aliphatic rings. The Balaban J connectivity index is 3.73. The van der Waals surface area contributed by atoms with Crippen molar-refractivity contribution in [3.8, 4) is 0 Å². The van der Waals surface area contributed by atoms with Crippen LogP contribution in [0, 0.1) is 0 Å².